The van der Waals surface area contributed by atoms with Gasteiger partial charge in [0, 0.05) is 5.56 Å². The number of fused-ring (bicyclic) bond motifs is 1. The molecule has 0 amide bonds. The molecule has 102 valence electrons. The normalized spacial score (nSPS) is 12.3. The summed E-state index contributed by atoms with van der Waals surface area (Å²) >= 11 is 0. The lowest BCUT2D eigenvalue weighted by Crippen LogP contribution is -2.04. The Hall–Kier alpha value is -2.49. The number of aryl methyl sites for hydroxylation is 1. The molecule has 20 heavy (non-hydrogen) atoms. The van der Waals surface area contributed by atoms with Crippen LogP contribution in [0.1, 0.15) is 15.9 Å². The second-order valence-electron chi connectivity index (χ2n) is 4.56. The van der Waals surface area contributed by atoms with Crippen molar-refractivity contribution in [3.8, 4) is 22.6 Å². The zero-order valence-electron chi connectivity index (χ0n) is 11.3. The van der Waals surface area contributed by atoms with Gasteiger partial charge in [-0.15, -0.1) is 0 Å². The van der Waals surface area contributed by atoms with Crippen LogP contribution in [0.5, 0.6) is 11.5 Å². The fourth-order valence-corrected chi connectivity index (χ4v) is 2.32. The van der Waals surface area contributed by atoms with Gasteiger partial charge in [-0.3, -0.25) is 0 Å². The third-order valence-electron chi connectivity index (χ3n) is 3.35. The minimum atomic E-state index is -0.387. The average molecular weight is 270 g/mol. The number of rotatable bonds is 2. The first-order chi connectivity index (χ1) is 9.70. The number of carbonyl (C=O) groups excluding carboxylic acids is 1. The van der Waals surface area contributed by atoms with Gasteiger partial charge in [0.05, 0.1) is 12.7 Å². The van der Waals surface area contributed by atoms with Gasteiger partial charge in [-0.1, -0.05) is 24.3 Å². The molecule has 4 heteroatoms. The van der Waals surface area contributed by atoms with E-state index in [-0.39, 0.29) is 12.8 Å². The number of ether oxygens (including phenoxy) is 3. The zero-order valence-corrected chi connectivity index (χ0v) is 11.3. The molecule has 0 unspecified atom stereocenters. The molecule has 0 saturated heterocycles. The Balaban J connectivity index is 2.23. The number of esters is 1. The molecule has 1 heterocycles. The van der Waals surface area contributed by atoms with Gasteiger partial charge in [0.15, 0.2) is 11.5 Å². The summed E-state index contributed by atoms with van der Waals surface area (Å²) in [6.45, 7) is 2.17. The lowest BCUT2D eigenvalue weighted by Gasteiger charge is -2.11. The summed E-state index contributed by atoms with van der Waals surface area (Å²) < 4.78 is 15.6. The van der Waals surface area contributed by atoms with E-state index >= 15 is 0 Å². The molecule has 1 aliphatic rings. The van der Waals surface area contributed by atoms with E-state index in [1.807, 2.05) is 37.3 Å². The Labute approximate surface area is 116 Å². The van der Waals surface area contributed by atoms with Crippen molar-refractivity contribution >= 4 is 5.97 Å². The highest BCUT2D eigenvalue weighted by Gasteiger charge is 2.22. The van der Waals surface area contributed by atoms with Crippen LogP contribution in [0.2, 0.25) is 0 Å². The molecule has 2 aromatic rings. The molecule has 0 fully saturated rings. The van der Waals surface area contributed by atoms with Gasteiger partial charge < -0.3 is 14.2 Å². The van der Waals surface area contributed by atoms with E-state index in [0.717, 1.165) is 16.7 Å². The van der Waals surface area contributed by atoms with Crippen LogP contribution in [0.3, 0.4) is 0 Å². The van der Waals surface area contributed by atoms with Crippen LogP contribution in [0.4, 0.5) is 0 Å². The average Bonchev–Trinajstić information content (AvgIpc) is 2.93. The van der Waals surface area contributed by atoms with Crippen LogP contribution < -0.4 is 9.47 Å². The fraction of sp³-hybridized carbons (Fsp3) is 0.188. The van der Waals surface area contributed by atoms with Crippen molar-refractivity contribution in [3.05, 3.63) is 47.5 Å². The number of hydrogen-bond acceptors (Lipinski definition) is 4. The smallest absolute Gasteiger partial charge is 0.338 e. The highest BCUT2D eigenvalue weighted by molar-refractivity contribution is 5.98. The van der Waals surface area contributed by atoms with Gasteiger partial charge in [0.25, 0.3) is 0 Å². The summed E-state index contributed by atoms with van der Waals surface area (Å²) in [7, 11) is 1.37. The van der Waals surface area contributed by atoms with Crippen molar-refractivity contribution in [1.82, 2.24) is 0 Å². The Morgan fingerprint density at radius 1 is 1.10 bits per heavy atom. The van der Waals surface area contributed by atoms with Crippen LogP contribution in [0.15, 0.2) is 36.4 Å². The lowest BCUT2D eigenvalue weighted by atomic mass is 9.95. The molecule has 3 rings (SSSR count). The highest BCUT2D eigenvalue weighted by atomic mass is 16.7. The number of methoxy groups -OCH3 is 1. The molecule has 4 nitrogen and oxygen atoms in total. The molecule has 1 aliphatic heterocycles. The van der Waals surface area contributed by atoms with Crippen LogP contribution in [-0.4, -0.2) is 19.9 Å². The third kappa shape index (κ3) is 1.99. The molecular weight excluding hydrogens is 256 g/mol. The molecular formula is C16H14O4. The summed E-state index contributed by atoms with van der Waals surface area (Å²) in [5, 5.41) is 0. The molecule has 2 aromatic carbocycles. The van der Waals surface area contributed by atoms with E-state index in [1.54, 1.807) is 6.07 Å². The van der Waals surface area contributed by atoms with Crippen molar-refractivity contribution in [1.29, 1.82) is 0 Å². The summed E-state index contributed by atoms with van der Waals surface area (Å²) in [4.78, 5) is 12.0. The van der Waals surface area contributed by atoms with Crippen molar-refractivity contribution in [3.63, 3.8) is 0 Å². The number of benzene rings is 2. The number of carbonyl (C=O) groups is 1. The van der Waals surface area contributed by atoms with Crippen molar-refractivity contribution < 1.29 is 19.0 Å². The van der Waals surface area contributed by atoms with E-state index in [9.17, 15) is 4.79 Å². The van der Waals surface area contributed by atoms with Crippen LogP contribution >= 0.6 is 0 Å². The van der Waals surface area contributed by atoms with E-state index in [0.29, 0.717) is 17.1 Å². The largest absolute Gasteiger partial charge is 0.465 e. The van der Waals surface area contributed by atoms with E-state index in [1.165, 1.54) is 7.11 Å². The van der Waals surface area contributed by atoms with Crippen LogP contribution in [0, 0.1) is 6.92 Å². The molecule has 0 spiro atoms. The Morgan fingerprint density at radius 3 is 2.50 bits per heavy atom. The maximum atomic E-state index is 12.0. The molecule has 0 radical (unpaired) electrons. The van der Waals surface area contributed by atoms with Gasteiger partial charge in [-0.2, -0.15) is 0 Å². The highest BCUT2D eigenvalue weighted by Crippen LogP contribution is 2.39. The van der Waals surface area contributed by atoms with Crippen molar-refractivity contribution in [2.75, 3.05) is 13.9 Å². The van der Waals surface area contributed by atoms with Gasteiger partial charge in [-0.25, -0.2) is 4.79 Å². The van der Waals surface area contributed by atoms with E-state index in [2.05, 4.69) is 0 Å². The first-order valence-electron chi connectivity index (χ1n) is 6.28. The SMILES string of the molecule is COC(=O)c1cc2c(cc1-c1ccccc1C)OCO2. The lowest BCUT2D eigenvalue weighted by molar-refractivity contribution is 0.0601. The minimum Gasteiger partial charge on any atom is -0.465 e. The summed E-state index contributed by atoms with van der Waals surface area (Å²) in [5.74, 6) is 0.834. The molecule has 0 aliphatic carbocycles. The Kier molecular flexibility index (Phi) is 3.06. The van der Waals surface area contributed by atoms with Gasteiger partial charge in [0.1, 0.15) is 0 Å². The van der Waals surface area contributed by atoms with Crippen molar-refractivity contribution in [2.45, 2.75) is 6.92 Å². The first-order valence-corrected chi connectivity index (χ1v) is 6.28. The summed E-state index contributed by atoms with van der Waals surface area (Å²) in [5.41, 5.74) is 3.33. The molecule has 0 N–H and O–H groups in total. The quantitative estimate of drug-likeness (QED) is 0.786. The van der Waals surface area contributed by atoms with E-state index in [4.69, 9.17) is 14.2 Å². The van der Waals surface area contributed by atoms with Crippen LogP contribution in [0.25, 0.3) is 11.1 Å². The second-order valence-corrected chi connectivity index (χ2v) is 4.56. The number of hydrogen-bond donors (Lipinski definition) is 0. The van der Waals surface area contributed by atoms with Crippen molar-refractivity contribution in [2.24, 2.45) is 0 Å². The first kappa shape index (κ1) is 12.5. The topological polar surface area (TPSA) is 44.8 Å². The molecule has 0 atom stereocenters. The predicted molar refractivity (Wildman–Crippen MR) is 74.1 cm³/mol. The summed E-state index contributed by atoms with van der Waals surface area (Å²) in [6.07, 6.45) is 0. The molecule has 0 aromatic heterocycles. The maximum Gasteiger partial charge on any atom is 0.338 e. The maximum absolute atomic E-state index is 12.0. The van der Waals surface area contributed by atoms with Gasteiger partial charge >= 0.3 is 5.97 Å². The fourth-order valence-electron chi connectivity index (χ4n) is 2.32. The zero-order chi connectivity index (χ0) is 14.1. The van der Waals surface area contributed by atoms with Crippen LogP contribution in [-0.2, 0) is 4.74 Å². The van der Waals surface area contributed by atoms with Gasteiger partial charge in [0.2, 0.25) is 6.79 Å². The summed E-state index contributed by atoms with van der Waals surface area (Å²) in [6, 6.07) is 11.4. The third-order valence-corrected chi connectivity index (χ3v) is 3.35. The Bertz CT molecular complexity index is 676. The molecule has 0 saturated carbocycles. The van der Waals surface area contributed by atoms with Gasteiger partial charge in [-0.05, 0) is 30.2 Å². The minimum absolute atomic E-state index is 0.174. The monoisotopic (exact) mass is 270 g/mol. The standard InChI is InChI=1S/C16H14O4/c1-10-5-3-4-6-11(10)12-7-14-15(20-9-19-14)8-13(12)16(17)18-2/h3-8H,9H2,1-2H3. The molecule has 0 bridgehead atoms. The van der Waals surface area contributed by atoms with E-state index < -0.39 is 0 Å². The Morgan fingerprint density at radius 2 is 1.80 bits per heavy atom. The predicted octanol–water partition coefficient (Wildman–Crippen LogP) is 3.18. The second kappa shape index (κ2) is 4.89.